The summed E-state index contributed by atoms with van der Waals surface area (Å²) in [5.41, 5.74) is 8.61. The molecule has 2 heterocycles. The first-order valence-corrected chi connectivity index (χ1v) is 12.1. The fourth-order valence-electron chi connectivity index (χ4n) is 3.90. The minimum Gasteiger partial charge on any atom is -0.367 e. The normalized spacial score (nSPS) is 19.6. The van der Waals surface area contributed by atoms with Gasteiger partial charge in [0.15, 0.2) is 5.65 Å². The molecule has 0 aliphatic heterocycles. The summed E-state index contributed by atoms with van der Waals surface area (Å²) < 4.78 is 24.8. The predicted octanol–water partition coefficient (Wildman–Crippen LogP) is 2.93. The molecule has 1 aliphatic carbocycles. The predicted molar refractivity (Wildman–Crippen MR) is 122 cm³/mol. The first-order valence-electron chi connectivity index (χ1n) is 10.5. The third-order valence-electron chi connectivity index (χ3n) is 5.70. The van der Waals surface area contributed by atoms with Crippen molar-refractivity contribution in [2.24, 2.45) is 10.9 Å². The molecule has 0 bridgehead atoms. The summed E-state index contributed by atoms with van der Waals surface area (Å²) in [6.45, 7) is 4.22. The number of hydrogen-bond donors (Lipinski definition) is 4. The monoisotopic (exact) mass is 443 g/mol. The Labute approximate surface area is 182 Å². The molecule has 0 spiro atoms. The fourth-order valence-corrected chi connectivity index (χ4v) is 4.41. The zero-order valence-corrected chi connectivity index (χ0v) is 18.6. The average molecular weight is 444 g/mol. The number of nitrogens with two attached hydrogens (primary N) is 2. The maximum atomic E-state index is 11.5. The van der Waals surface area contributed by atoms with Crippen molar-refractivity contribution in [3.63, 3.8) is 0 Å². The highest BCUT2D eigenvalue weighted by molar-refractivity contribution is 7.89. The zero-order chi connectivity index (χ0) is 22.2. The average Bonchev–Trinajstić information content (AvgIpc) is 3.14. The Hall–Kier alpha value is -2.69. The highest BCUT2D eigenvalue weighted by atomic mass is 32.2. The molecule has 0 unspecified atom stereocenters. The maximum Gasteiger partial charge on any atom is 0.238 e. The molecule has 1 aliphatic rings. The van der Waals surface area contributed by atoms with Crippen molar-refractivity contribution in [3.8, 4) is 0 Å². The van der Waals surface area contributed by atoms with Crippen LogP contribution < -0.4 is 21.5 Å². The molecule has 0 radical (unpaired) electrons. The van der Waals surface area contributed by atoms with Crippen molar-refractivity contribution >= 4 is 33.0 Å². The molecule has 0 saturated heterocycles. The zero-order valence-electron chi connectivity index (χ0n) is 17.7. The van der Waals surface area contributed by atoms with Crippen LogP contribution in [0.5, 0.6) is 0 Å². The standard InChI is InChI=1S/C21H29N7O2S/c1-13(2)18-12-24-28-20(26-16-7-9-17(10-8-16)31(23,29)30)11-19(27-21(18)28)25-15-5-3-14(22)4-6-15/h7-15,26H,3-6,22H2,1-2H3,(H,25,27)(H2,23,29,30)/t14-,15-. The number of hydrogen-bond acceptors (Lipinski definition) is 7. The second kappa shape index (κ2) is 8.45. The highest BCUT2D eigenvalue weighted by Crippen LogP contribution is 2.28. The second-order valence-corrected chi connectivity index (χ2v) is 10.0. The third-order valence-corrected chi connectivity index (χ3v) is 6.63. The van der Waals surface area contributed by atoms with Gasteiger partial charge in [-0.3, -0.25) is 0 Å². The van der Waals surface area contributed by atoms with E-state index < -0.39 is 10.0 Å². The Morgan fingerprint density at radius 3 is 2.42 bits per heavy atom. The number of anilines is 3. The summed E-state index contributed by atoms with van der Waals surface area (Å²) >= 11 is 0. The van der Waals surface area contributed by atoms with Crippen LogP contribution >= 0.6 is 0 Å². The molecule has 3 aromatic rings. The first-order chi connectivity index (χ1) is 14.7. The van der Waals surface area contributed by atoms with Crippen LogP contribution in [0.2, 0.25) is 0 Å². The lowest BCUT2D eigenvalue weighted by Gasteiger charge is -2.27. The first kappa shape index (κ1) is 21.5. The van der Waals surface area contributed by atoms with Gasteiger partial charge in [0.25, 0.3) is 0 Å². The van der Waals surface area contributed by atoms with Gasteiger partial charge in [0.2, 0.25) is 10.0 Å². The van der Waals surface area contributed by atoms with E-state index in [1.165, 1.54) is 12.1 Å². The van der Waals surface area contributed by atoms with Crippen molar-refractivity contribution in [2.45, 2.75) is 62.4 Å². The van der Waals surface area contributed by atoms with E-state index in [2.05, 4.69) is 29.6 Å². The van der Waals surface area contributed by atoms with E-state index in [0.717, 1.165) is 54.2 Å². The van der Waals surface area contributed by atoms with Gasteiger partial charge in [-0.05, 0) is 55.9 Å². The molecule has 1 saturated carbocycles. The Kier molecular flexibility index (Phi) is 5.87. The van der Waals surface area contributed by atoms with Crippen LogP contribution in [0.1, 0.15) is 51.0 Å². The molecule has 166 valence electrons. The van der Waals surface area contributed by atoms with Gasteiger partial charge in [-0.15, -0.1) is 0 Å². The van der Waals surface area contributed by atoms with Gasteiger partial charge in [0.1, 0.15) is 11.6 Å². The van der Waals surface area contributed by atoms with Crippen LogP contribution in [-0.4, -0.2) is 35.1 Å². The maximum absolute atomic E-state index is 11.5. The van der Waals surface area contributed by atoms with Gasteiger partial charge >= 0.3 is 0 Å². The number of benzene rings is 1. The summed E-state index contributed by atoms with van der Waals surface area (Å²) in [4.78, 5) is 4.91. The smallest absolute Gasteiger partial charge is 0.238 e. The van der Waals surface area contributed by atoms with Crippen LogP contribution in [0.15, 0.2) is 41.4 Å². The van der Waals surface area contributed by atoms with Gasteiger partial charge in [-0.1, -0.05) is 13.8 Å². The highest BCUT2D eigenvalue weighted by Gasteiger charge is 2.20. The van der Waals surface area contributed by atoms with Gasteiger partial charge < -0.3 is 16.4 Å². The molecular weight excluding hydrogens is 414 g/mol. The second-order valence-electron chi connectivity index (χ2n) is 8.47. The van der Waals surface area contributed by atoms with Crippen LogP contribution in [0, 0.1) is 0 Å². The largest absolute Gasteiger partial charge is 0.367 e. The van der Waals surface area contributed by atoms with Gasteiger partial charge in [0.05, 0.1) is 11.1 Å². The molecule has 31 heavy (non-hydrogen) atoms. The molecule has 4 rings (SSSR count). The molecule has 1 fully saturated rings. The van der Waals surface area contributed by atoms with Crippen molar-refractivity contribution < 1.29 is 8.42 Å². The summed E-state index contributed by atoms with van der Waals surface area (Å²) in [5, 5.41) is 16.6. The van der Waals surface area contributed by atoms with Crippen LogP contribution in [0.4, 0.5) is 17.3 Å². The number of nitrogens with zero attached hydrogens (tertiary/aromatic N) is 3. The minimum atomic E-state index is -3.73. The number of fused-ring (bicyclic) bond motifs is 1. The summed E-state index contributed by atoms with van der Waals surface area (Å²) in [6, 6.07) is 8.84. The summed E-state index contributed by atoms with van der Waals surface area (Å²) in [5.74, 6) is 1.78. The number of nitrogens with one attached hydrogen (secondary N) is 2. The third kappa shape index (κ3) is 4.81. The number of primary sulfonamides is 1. The van der Waals surface area contributed by atoms with E-state index in [1.54, 1.807) is 16.6 Å². The lowest BCUT2D eigenvalue weighted by molar-refractivity contribution is 0.410. The van der Waals surface area contributed by atoms with Gasteiger partial charge in [-0.2, -0.15) is 9.61 Å². The van der Waals surface area contributed by atoms with E-state index in [4.69, 9.17) is 15.9 Å². The number of aromatic nitrogens is 3. The molecule has 0 atom stereocenters. The Bertz CT molecular complexity index is 1160. The topological polar surface area (TPSA) is 140 Å². The quantitative estimate of drug-likeness (QED) is 0.459. The van der Waals surface area contributed by atoms with Crippen LogP contribution in [0.25, 0.3) is 5.65 Å². The minimum absolute atomic E-state index is 0.0666. The van der Waals surface area contributed by atoms with E-state index in [0.29, 0.717) is 6.04 Å². The SMILES string of the molecule is CC(C)c1cnn2c(Nc3ccc(S(N)(=O)=O)cc3)cc(N[C@H]3CC[C@H](N)CC3)nc12. The van der Waals surface area contributed by atoms with E-state index in [9.17, 15) is 8.42 Å². The van der Waals surface area contributed by atoms with Crippen molar-refractivity contribution in [3.05, 3.63) is 42.1 Å². The van der Waals surface area contributed by atoms with E-state index in [1.807, 2.05) is 12.3 Å². The molecular formula is C21H29N7O2S. The Morgan fingerprint density at radius 1 is 1.13 bits per heavy atom. The van der Waals surface area contributed by atoms with Crippen molar-refractivity contribution in [1.82, 2.24) is 14.6 Å². The van der Waals surface area contributed by atoms with Gasteiger partial charge in [0, 0.05) is 29.4 Å². The molecule has 6 N–H and O–H groups in total. The number of rotatable bonds is 6. The van der Waals surface area contributed by atoms with Gasteiger partial charge in [-0.25, -0.2) is 18.5 Å². The fraction of sp³-hybridized carbons (Fsp3) is 0.429. The molecule has 1 aromatic carbocycles. The summed E-state index contributed by atoms with van der Waals surface area (Å²) in [7, 11) is -3.73. The molecule has 0 amide bonds. The van der Waals surface area contributed by atoms with E-state index in [-0.39, 0.29) is 16.9 Å². The van der Waals surface area contributed by atoms with E-state index >= 15 is 0 Å². The molecule has 9 nitrogen and oxygen atoms in total. The lowest BCUT2D eigenvalue weighted by Crippen LogP contribution is -2.33. The van der Waals surface area contributed by atoms with Crippen molar-refractivity contribution in [2.75, 3.05) is 10.6 Å². The van der Waals surface area contributed by atoms with Crippen molar-refractivity contribution in [1.29, 1.82) is 0 Å². The Balaban J connectivity index is 1.67. The Morgan fingerprint density at radius 2 is 1.81 bits per heavy atom. The van der Waals surface area contributed by atoms with Crippen LogP contribution in [0.3, 0.4) is 0 Å². The van der Waals surface area contributed by atoms with Crippen LogP contribution in [-0.2, 0) is 10.0 Å². The number of sulfonamides is 1. The summed E-state index contributed by atoms with van der Waals surface area (Å²) in [6.07, 6.45) is 5.88. The lowest BCUT2D eigenvalue weighted by atomic mass is 9.92. The molecule has 10 heteroatoms. The molecule has 2 aromatic heterocycles.